The van der Waals surface area contributed by atoms with Gasteiger partial charge in [0.15, 0.2) is 11.8 Å². The van der Waals surface area contributed by atoms with Gasteiger partial charge < -0.3 is 9.80 Å². The number of pyridine rings is 1. The lowest BCUT2D eigenvalue weighted by Gasteiger charge is -2.37. The van der Waals surface area contributed by atoms with Crippen LogP contribution in [0.3, 0.4) is 0 Å². The number of carbonyl (C=O) groups is 2. The Kier molecular flexibility index (Phi) is 5.93. The molecule has 3 aromatic rings. The zero-order chi connectivity index (χ0) is 21.8. The fraction of sp³-hybridized carbons (Fsp3) is 0.208. The SMILES string of the molecule is O=C(c1ccc(F)cc1)[C@H](C(=O)N1CCN(c2ccccc2)CC1)n1ccccc1=O. The number of anilines is 1. The largest absolute Gasteiger partial charge is 0.368 e. The monoisotopic (exact) mass is 419 g/mol. The second-order valence-corrected chi connectivity index (χ2v) is 7.37. The maximum absolute atomic E-state index is 13.4. The highest BCUT2D eigenvalue weighted by atomic mass is 19.1. The molecular formula is C24H22FN3O3. The summed E-state index contributed by atoms with van der Waals surface area (Å²) in [6.45, 7) is 2.11. The zero-order valence-electron chi connectivity index (χ0n) is 16.9. The Morgan fingerprint density at radius 2 is 1.45 bits per heavy atom. The van der Waals surface area contributed by atoms with E-state index in [2.05, 4.69) is 4.90 Å². The minimum atomic E-state index is -1.33. The fourth-order valence-corrected chi connectivity index (χ4v) is 3.78. The Morgan fingerprint density at radius 1 is 0.806 bits per heavy atom. The van der Waals surface area contributed by atoms with Gasteiger partial charge in [0.2, 0.25) is 0 Å². The van der Waals surface area contributed by atoms with Crippen molar-refractivity contribution >= 4 is 17.4 Å². The first kappa shape index (κ1) is 20.5. The molecule has 0 spiro atoms. The number of Topliss-reactive ketones (excluding diaryl/α,β-unsaturated/α-hetero) is 1. The quantitative estimate of drug-likeness (QED) is 0.471. The lowest BCUT2D eigenvalue weighted by Crippen LogP contribution is -2.52. The number of rotatable bonds is 5. The number of halogens is 1. The molecule has 1 atom stereocenters. The van der Waals surface area contributed by atoms with Gasteiger partial charge in [0.1, 0.15) is 5.82 Å². The summed E-state index contributed by atoms with van der Waals surface area (Å²) in [6.07, 6.45) is 1.44. The maximum atomic E-state index is 13.4. The van der Waals surface area contributed by atoms with Crippen LogP contribution in [0.2, 0.25) is 0 Å². The number of hydrogen-bond acceptors (Lipinski definition) is 4. The highest BCUT2D eigenvalue weighted by Crippen LogP contribution is 2.20. The van der Waals surface area contributed by atoms with Crippen LogP contribution < -0.4 is 10.5 Å². The van der Waals surface area contributed by atoms with Crippen LogP contribution in [0.5, 0.6) is 0 Å². The average Bonchev–Trinajstić information content (AvgIpc) is 2.81. The third-order valence-corrected chi connectivity index (χ3v) is 5.45. The number of para-hydroxylation sites is 1. The van der Waals surface area contributed by atoms with Crippen molar-refractivity contribution in [3.63, 3.8) is 0 Å². The van der Waals surface area contributed by atoms with Crippen LogP contribution in [0.15, 0.2) is 83.8 Å². The Balaban J connectivity index is 1.59. The molecule has 1 amide bonds. The molecule has 1 aliphatic heterocycles. The number of carbonyl (C=O) groups excluding carboxylic acids is 2. The van der Waals surface area contributed by atoms with Crippen molar-refractivity contribution in [2.24, 2.45) is 0 Å². The summed E-state index contributed by atoms with van der Waals surface area (Å²) in [6, 6.07) is 18.1. The smallest absolute Gasteiger partial charge is 0.253 e. The molecule has 2 heterocycles. The van der Waals surface area contributed by atoms with Gasteiger partial charge in [0, 0.05) is 49.7 Å². The van der Waals surface area contributed by atoms with Gasteiger partial charge in [0.25, 0.3) is 11.5 Å². The van der Waals surface area contributed by atoms with Gasteiger partial charge in [-0.15, -0.1) is 0 Å². The normalized spacial score (nSPS) is 14.9. The first-order valence-corrected chi connectivity index (χ1v) is 10.1. The number of nitrogens with zero attached hydrogens (tertiary/aromatic N) is 3. The molecular weight excluding hydrogens is 397 g/mol. The van der Waals surface area contributed by atoms with Crippen LogP contribution in [0.1, 0.15) is 16.4 Å². The predicted molar refractivity (Wildman–Crippen MR) is 116 cm³/mol. The molecule has 1 fully saturated rings. The summed E-state index contributed by atoms with van der Waals surface area (Å²) in [7, 11) is 0. The van der Waals surface area contributed by atoms with Crippen LogP contribution in [0.25, 0.3) is 0 Å². The van der Waals surface area contributed by atoms with E-state index < -0.39 is 29.1 Å². The molecule has 1 saturated heterocycles. The summed E-state index contributed by atoms with van der Waals surface area (Å²) < 4.78 is 14.5. The molecule has 0 radical (unpaired) electrons. The predicted octanol–water partition coefficient (Wildman–Crippen LogP) is 2.76. The van der Waals surface area contributed by atoms with Crippen molar-refractivity contribution in [2.75, 3.05) is 31.1 Å². The molecule has 0 saturated carbocycles. The third-order valence-electron chi connectivity index (χ3n) is 5.45. The lowest BCUT2D eigenvalue weighted by atomic mass is 10.0. The molecule has 7 heteroatoms. The van der Waals surface area contributed by atoms with E-state index in [-0.39, 0.29) is 5.56 Å². The molecule has 0 unspecified atom stereocenters. The summed E-state index contributed by atoms with van der Waals surface area (Å²) >= 11 is 0. The van der Waals surface area contributed by atoms with Gasteiger partial charge in [0.05, 0.1) is 0 Å². The lowest BCUT2D eigenvalue weighted by molar-refractivity contribution is -0.133. The third kappa shape index (κ3) is 4.40. The van der Waals surface area contributed by atoms with Crippen LogP contribution in [-0.2, 0) is 4.79 Å². The van der Waals surface area contributed by atoms with E-state index in [0.717, 1.165) is 10.3 Å². The highest BCUT2D eigenvalue weighted by Gasteiger charge is 2.35. The number of ketones is 1. The van der Waals surface area contributed by atoms with Crippen molar-refractivity contribution in [3.8, 4) is 0 Å². The summed E-state index contributed by atoms with van der Waals surface area (Å²) in [5.74, 6) is -1.45. The number of aromatic nitrogens is 1. The van der Waals surface area contributed by atoms with Gasteiger partial charge in [-0.2, -0.15) is 0 Å². The molecule has 2 aromatic carbocycles. The van der Waals surface area contributed by atoms with Crippen LogP contribution in [0, 0.1) is 5.82 Å². The van der Waals surface area contributed by atoms with Gasteiger partial charge >= 0.3 is 0 Å². The fourth-order valence-electron chi connectivity index (χ4n) is 3.78. The number of benzene rings is 2. The first-order valence-electron chi connectivity index (χ1n) is 10.1. The van der Waals surface area contributed by atoms with E-state index >= 15 is 0 Å². The van der Waals surface area contributed by atoms with Crippen molar-refractivity contribution in [1.29, 1.82) is 0 Å². The maximum Gasteiger partial charge on any atom is 0.253 e. The second-order valence-electron chi connectivity index (χ2n) is 7.37. The Labute approximate surface area is 179 Å². The molecule has 31 heavy (non-hydrogen) atoms. The minimum absolute atomic E-state index is 0.179. The van der Waals surface area contributed by atoms with Crippen LogP contribution in [-0.4, -0.2) is 47.3 Å². The molecule has 1 aromatic heterocycles. The first-order chi connectivity index (χ1) is 15.0. The van der Waals surface area contributed by atoms with Crippen LogP contribution >= 0.6 is 0 Å². The summed E-state index contributed by atoms with van der Waals surface area (Å²) in [5, 5.41) is 0. The van der Waals surface area contributed by atoms with Crippen LogP contribution in [0.4, 0.5) is 10.1 Å². The van der Waals surface area contributed by atoms with E-state index in [1.807, 2.05) is 30.3 Å². The van der Waals surface area contributed by atoms with Gasteiger partial charge in [-0.05, 0) is 42.5 Å². The standard InChI is InChI=1S/C24H22FN3O3/c25-19-11-9-18(10-12-19)23(30)22(28-13-5-4-8-21(28)29)24(31)27-16-14-26(15-17-27)20-6-2-1-3-7-20/h1-13,22H,14-17H2/t22-/m1/s1. The molecule has 1 aliphatic rings. The van der Waals surface area contributed by atoms with Gasteiger partial charge in [-0.1, -0.05) is 24.3 Å². The van der Waals surface area contributed by atoms with Crippen molar-refractivity contribution < 1.29 is 14.0 Å². The van der Waals surface area contributed by atoms with Gasteiger partial charge in [-0.3, -0.25) is 19.0 Å². The number of piperazine rings is 1. The Morgan fingerprint density at radius 3 is 2.10 bits per heavy atom. The van der Waals surface area contributed by atoms with E-state index in [1.165, 1.54) is 36.5 Å². The van der Waals surface area contributed by atoms with E-state index in [4.69, 9.17) is 0 Å². The van der Waals surface area contributed by atoms with Crippen molar-refractivity contribution in [3.05, 3.63) is 101 Å². The average molecular weight is 419 g/mol. The summed E-state index contributed by atoms with van der Waals surface area (Å²) in [4.78, 5) is 42.9. The van der Waals surface area contributed by atoms with E-state index in [9.17, 15) is 18.8 Å². The van der Waals surface area contributed by atoms with Crippen molar-refractivity contribution in [1.82, 2.24) is 9.47 Å². The van der Waals surface area contributed by atoms with E-state index in [1.54, 1.807) is 17.0 Å². The topological polar surface area (TPSA) is 62.6 Å². The zero-order valence-corrected chi connectivity index (χ0v) is 16.9. The highest BCUT2D eigenvalue weighted by molar-refractivity contribution is 6.11. The Bertz CT molecular complexity index is 1120. The van der Waals surface area contributed by atoms with Gasteiger partial charge in [-0.25, -0.2) is 4.39 Å². The van der Waals surface area contributed by atoms with Crippen molar-refractivity contribution in [2.45, 2.75) is 6.04 Å². The summed E-state index contributed by atoms with van der Waals surface area (Å²) in [5.41, 5.74) is 0.811. The molecule has 4 rings (SSSR count). The van der Waals surface area contributed by atoms with E-state index in [0.29, 0.717) is 26.2 Å². The molecule has 0 N–H and O–H groups in total. The minimum Gasteiger partial charge on any atom is -0.368 e. The molecule has 158 valence electrons. The number of amides is 1. The number of hydrogen-bond donors (Lipinski definition) is 0. The molecule has 6 nitrogen and oxygen atoms in total. The molecule has 0 bridgehead atoms. The molecule has 0 aliphatic carbocycles. The second kappa shape index (κ2) is 8.95. The Hall–Kier alpha value is -3.74.